The van der Waals surface area contributed by atoms with Crippen LogP contribution in [0.1, 0.15) is 32.0 Å². The van der Waals surface area contributed by atoms with Crippen LogP contribution in [0.5, 0.6) is 0 Å². The number of ether oxygens (including phenoxy) is 2. The molecule has 0 aliphatic carbocycles. The molecule has 1 aromatic heterocycles. The van der Waals surface area contributed by atoms with E-state index in [1.165, 1.54) is 0 Å². The quantitative estimate of drug-likeness (QED) is 0.705. The highest BCUT2D eigenvalue weighted by atomic mass is 16.5. The van der Waals surface area contributed by atoms with Gasteiger partial charge in [-0.1, -0.05) is 6.92 Å². The zero-order chi connectivity index (χ0) is 17.7. The lowest BCUT2D eigenvalue weighted by Crippen LogP contribution is -2.61. The maximum Gasteiger partial charge on any atom is 0.222 e. The third-order valence-corrected chi connectivity index (χ3v) is 5.20. The van der Waals surface area contributed by atoms with Crippen LogP contribution in [0, 0.1) is 0 Å². The van der Waals surface area contributed by atoms with E-state index in [1.54, 1.807) is 7.11 Å². The number of hydrogen-bond acceptors (Lipinski definition) is 7. The zero-order valence-corrected chi connectivity index (χ0v) is 15.2. The van der Waals surface area contributed by atoms with Crippen molar-refractivity contribution in [3.05, 3.63) is 5.82 Å². The summed E-state index contributed by atoms with van der Waals surface area (Å²) in [6.45, 7) is 7.55. The van der Waals surface area contributed by atoms with Gasteiger partial charge in [-0.3, -0.25) is 9.69 Å². The summed E-state index contributed by atoms with van der Waals surface area (Å²) >= 11 is 0. The zero-order valence-electron chi connectivity index (χ0n) is 15.2. The summed E-state index contributed by atoms with van der Waals surface area (Å²) in [5.41, 5.74) is -0.357. The Balaban J connectivity index is 1.94. The van der Waals surface area contributed by atoms with E-state index in [9.17, 15) is 4.79 Å². The summed E-state index contributed by atoms with van der Waals surface area (Å²) < 4.78 is 12.6. The smallest absolute Gasteiger partial charge is 0.222 e. The van der Waals surface area contributed by atoms with Gasteiger partial charge in [-0.2, -0.15) is 0 Å². The Labute approximate surface area is 148 Å². The fourth-order valence-electron chi connectivity index (χ4n) is 3.91. The summed E-state index contributed by atoms with van der Waals surface area (Å²) in [7, 11) is 1.67. The number of morpholine rings is 1. The van der Waals surface area contributed by atoms with Gasteiger partial charge in [0.2, 0.25) is 5.91 Å². The van der Waals surface area contributed by atoms with Crippen molar-refractivity contribution in [2.75, 3.05) is 53.1 Å². The van der Waals surface area contributed by atoms with Crippen LogP contribution < -0.4 is 0 Å². The van der Waals surface area contributed by atoms with Crippen molar-refractivity contribution in [2.24, 2.45) is 0 Å². The van der Waals surface area contributed by atoms with Crippen LogP contribution in [0.25, 0.3) is 0 Å². The Hall–Kier alpha value is -1.58. The number of likely N-dealkylation sites (tertiary alicyclic amines) is 1. The summed E-state index contributed by atoms with van der Waals surface area (Å²) in [5, 5.41) is 12.5. The van der Waals surface area contributed by atoms with E-state index in [0.29, 0.717) is 39.3 Å². The molecule has 1 aromatic rings. The van der Waals surface area contributed by atoms with Crippen LogP contribution in [0.4, 0.5) is 0 Å². The number of nitrogens with zero attached hydrogens (tertiary/aromatic N) is 6. The number of tetrazole rings is 1. The highest BCUT2D eigenvalue weighted by molar-refractivity contribution is 5.76. The van der Waals surface area contributed by atoms with Crippen LogP contribution in [-0.2, 0) is 26.4 Å². The van der Waals surface area contributed by atoms with Crippen molar-refractivity contribution in [2.45, 2.75) is 38.3 Å². The van der Waals surface area contributed by atoms with Crippen LogP contribution >= 0.6 is 0 Å². The molecule has 1 unspecified atom stereocenters. The topological polar surface area (TPSA) is 85.6 Å². The summed E-state index contributed by atoms with van der Waals surface area (Å²) in [4.78, 5) is 16.7. The van der Waals surface area contributed by atoms with Gasteiger partial charge >= 0.3 is 0 Å². The first-order valence-electron chi connectivity index (χ1n) is 9.07. The van der Waals surface area contributed by atoms with Gasteiger partial charge in [-0.15, -0.1) is 5.10 Å². The predicted molar refractivity (Wildman–Crippen MR) is 89.9 cm³/mol. The summed E-state index contributed by atoms with van der Waals surface area (Å²) in [5.74, 6) is 1.02. The number of rotatable bonds is 6. The predicted octanol–water partition coefficient (Wildman–Crippen LogP) is -0.121. The van der Waals surface area contributed by atoms with E-state index in [-0.39, 0.29) is 11.4 Å². The first-order valence-corrected chi connectivity index (χ1v) is 9.07. The molecule has 1 atom stereocenters. The van der Waals surface area contributed by atoms with E-state index < -0.39 is 0 Å². The van der Waals surface area contributed by atoms with Gasteiger partial charge in [0.25, 0.3) is 0 Å². The van der Waals surface area contributed by atoms with Crippen molar-refractivity contribution < 1.29 is 14.3 Å². The largest absolute Gasteiger partial charge is 0.383 e. The first kappa shape index (κ1) is 18.2. The molecule has 2 saturated heterocycles. The van der Waals surface area contributed by atoms with Gasteiger partial charge < -0.3 is 14.4 Å². The second-order valence-electron chi connectivity index (χ2n) is 6.62. The molecular formula is C16H28N6O3. The van der Waals surface area contributed by atoms with Gasteiger partial charge in [0.15, 0.2) is 5.82 Å². The molecule has 25 heavy (non-hydrogen) atoms. The standard InChI is InChI=1S/C16H28N6O3/c1-3-14(23)20-6-4-5-16(13-20,21-7-11-25-12-8-21)15-17-18-19-22(15)9-10-24-2/h3-13H2,1-2H3. The van der Waals surface area contributed by atoms with E-state index in [2.05, 4.69) is 20.4 Å². The number of hydrogen-bond donors (Lipinski definition) is 0. The van der Waals surface area contributed by atoms with Gasteiger partial charge in [0, 0.05) is 39.7 Å². The van der Waals surface area contributed by atoms with Gasteiger partial charge in [0.05, 0.1) is 26.4 Å². The third kappa shape index (κ3) is 3.68. The van der Waals surface area contributed by atoms with E-state index in [4.69, 9.17) is 9.47 Å². The number of carbonyl (C=O) groups is 1. The highest BCUT2D eigenvalue weighted by Crippen LogP contribution is 2.37. The van der Waals surface area contributed by atoms with Gasteiger partial charge in [0.1, 0.15) is 5.54 Å². The Morgan fingerprint density at radius 1 is 1.32 bits per heavy atom. The fourth-order valence-corrected chi connectivity index (χ4v) is 3.91. The Bertz CT molecular complexity index is 574. The molecule has 3 rings (SSSR count). The number of methoxy groups -OCH3 is 1. The monoisotopic (exact) mass is 352 g/mol. The van der Waals surface area contributed by atoms with Crippen molar-refractivity contribution in [3.63, 3.8) is 0 Å². The van der Waals surface area contributed by atoms with Gasteiger partial charge in [-0.05, 0) is 23.3 Å². The molecule has 2 fully saturated rings. The second-order valence-corrected chi connectivity index (χ2v) is 6.62. The average molecular weight is 352 g/mol. The van der Waals surface area contributed by atoms with Crippen LogP contribution in [0.15, 0.2) is 0 Å². The molecule has 0 N–H and O–H groups in total. The number of aromatic nitrogens is 4. The molecule has 2 aliphatic rings. The SMILES string of the molecule is CCC(=O)N1CCCC(c2nnnn2CCOC)(N2CCOCC2)C1. The van der Waals surface area contributed by atoms with Crippen molar-refractivity contribution in [3.8, 4) is 0 Å². The van der Waals surface area contributed by atoms with Crippen LogP contribution in [0.2, 0.25) is 0 Å². The third-order valence-electron chi connectivity index (χ3n) is 5.20. The number of carbonyl (C=O) groups excluding carboxylic acids is 1. The normalized spacial score (nSPS) is 25.3. The summed E-state index contributed by atoms with van der Waals surface area (Å²) in [6.07, 6.45) is 2.40. The summed E-state index contributed by atoms with van der Waals surface area (Å²) in [6, 6.07) is 0. The minimum atomic E-state index is -0.357. The molecule has 140 valence electrons. The fraction of sp³-hybridized carbons (Fsp3) is 0.875. The van der Waals surface area contributed by atoms with Crippen molar-refractivity contribution in [1.29, 1.82) is 0 Å². The second kappa shape index (κ2) is 8.20. The van der Waals surface area contributed by atoms with Gasteiger partial charge in [-0.25, -0.2) is 4.68 Å². The molecule has 0 saturated carbocycles. The molecule has 3 heterocycles. The maximum atomic E-state index is 12.4. The van der Waals surface area contributed by atoms with Crippen molar-refractivity contribution >= 4 is 5.91 Å². The Kier molecular flexibility index (Phi) is 5.98. The molecule has 0 spiro atoms. The van der Waals surface area contributed by atoms with Crippen LogP contribution in [-0.4, -0.2) is 89.0 Å². The molecule has 9 nitrogen and oxygen atoms in total. The minimum absolute atomic E-state index is 0.188. The lowest BCUT2D eigenvalue weighted by Gasteiger charge is -2.49. The van der Waals surface area contributed by atoms with E-state index in [0.717, 1.165) is 38.3 Å². The number of piperidine rings is 1. The molecule has 0 radical (unpaired) electrons. The van der Waals surface area contributed by atoms with Crippen molar-refractivity contribution in [1.82, 2.24) is 30.0 Å². The highest BCUT2D eigenvalue weighted by Gasteiger charge is 2.47. The lowest BCUT2D eigenvalue weighted by molar-refractivity contribution is -0.137. The molecule has 2 aliphatic heterocycles. The molecule has 0 aromatic carbocycles. The lowest BCUT2D eigenvalue weighted by atomic mass is 9.85. The molecular weight excluding hydrogens is 324 g/mol. The van der Waals surface area contributed by atoms with E-state index >= 15 is 0 Å². The van der Waals surface area contributed by atoms with Crippen LogP contribution in [0.3, 0.4) is 0 Å². The average Bonchev–Trinajstić information content (AvgIpc) is 3.15. The first-order chi connectivity index (χ1) is 12.2. The molecule has 1 amide bonds. The van der Waals surface area contributed by atoms with E-state index in [1.807, 2.05) is 16.5 Å². The molecule has 0 bridgehead atoms. The maximum absolute atomic E-state index is 12.4. The number of amides is 1. The minimum Gasteiger partial charge on any atom is -0.383 e. The molecule has 9 heteroatoms. The Morgan fingerprint density at radius 3 is 2.84 bits per heavy atom. The Morgan fingerprint density at radius 2 is 2.12 bits per heavy atom.